The zero-order valence-corrected chi connectivity index (χ0v) is 17.0. The molecule has 27 heavy (non-hydrogen) atoms. The fraction of sp³-hybridized carbons (Fsp3) is 0.364. The molecule has 0 saturated carbocycles. The molecule has 0 fully saturated rings. The molecule has 1 aliphatic carbocycles. The number of benzene rings is 1. The molecular formula is C22H31NO4. The maximum Gasteiger partial charge on any atom is 0.339 e. The topological polar surface area (TPSA) is 68.5 Å². The highest BCUT2D eigenvalue weighted by atomic mass is 16.5. The number of hydrogen-bond acceptors (Lipinski definition) is 4. The van der Waals surface area contributed by atoms with Gasteiger partial charge in [-0.15, -0.1) is 0 Å². The quantitative estimate of drug-likeness (QED) is 0.712. The molecule has 0 unspecified atom stereocenters. The van der Waals surface area contributed by atoms with Gasteiger partial charge in [0.05, 0.1) is 12.7 Å². The van der Waals surface area contributed by atoms with E-state index in [0.717, 1.165) is 18.2 Å². The Bertz CT molecular complexity index is 897. The number of nitrogens with one attached hydrogen (secondary N) is 1. The number of methoxy groups -OCH3 is 1. The zero-order chi connectivity index (χ0) is 20.4. The molecule has 0 spiro atoms. The molecule has 1 N–H and O–H groups in total. The number of fused-ring (bicyclic) bond motifs is 1. The van der Waals surface area contributed by atoms with E-state index in [9.17, 15) is 9.59 Å². The summed E-state index contributed by atoms with van der Waals surface area (Å²) in [6, 6.07) is 6.91. The molecule has 0 aliphatic heterocycles. The van der Waals surface area contributed by atoms with Gasteiger partial charge in [-0.2, -0.15) is 0 Å². The first-order valence-electron chi connectivity index (χ1n) is 9.38. The molecule has 0 bridgehead atoms. The van der Waals surface area contributed by atoms with Crippen LogP contribution in [0.5, 0.6) is 0 Å². The Morgan fingerprint density at radius 2 is 1.89 bits per heavy atom. The normalized spacial score (nSPS) is 12.5. The Morgan fingerprint density at radius 1 is 1.19 bits per heavy atom. The van der Waals surface area contributed by atoms with Crippen molar-refractivity contribution in [3.05, 3.63) is 63.7 Å². The fourth-order valence-electron chi connectivity index (χ4n) is 2.56. The number of allylic oxidation sites excluding steroid dienone is 2. The first-order valence-corrected chi connectivity index (χ1v) is 9.38. The monoisotopic (exact) mass is 373 g/mol. The molecule has 0 atom stereocenters. The van der Waals surface area contributed by atoms with Crippen LogP contribution >= 0.6 is 0 Å². The lowest BCUT2D eigenvalue weighted by Gasteiger charge is -2.14. The molecule has 1 heterocycles. The minimum atomic E-state index is -0.350. The molecule has 5 nitrogen and oxygen atoms in total. The summed E-state index contributed by atoms with van der Waals surface area (Å²) in [4.78, 5) is 23.9. The minimum Gasteiger partial charge on any atom is -0.500 e. The van der Waals surface area contributed by atoms with Crippen LogP contribution in [0.15, 0.2) is 57.0 Å². The van der Waals surface area contributed by atoms with Crippen molar-refractivity contribution in [1.29, 1.82) is 0 Å². The van der Waals surface area contributed by atoms with Crippen molar-refractivity contribution >= 4 is 22.6 Å². The van der Waals surface area contributed by atoms with Gasteiger partial charge in [0.25, 0.3) is 5.91 Å². The molecule has 1 aromatic carbocycles. The molecule has 1 amide bonds. The lowest BCUT2D eigenvalue weighted by molar-refractivity contribution is -0.112. The van der Waals surface area contributed by atoms with Crippen molar-refractivity contribution in [2.75, 3.05) is 12.4 Å². The predicted molar refractivity (Wildman–Crippen MR) is 113 cm³/mol. The Hall–Kier alpha value is -2.82. The first kappa shape index (κ1) is 22.2. The zero-order valence-electron chi connectivity index (χ0n) is 17.0. The van der Waals surface area contributed by atoms with E-state index in [2.05, 4.69) is 5.32 Å². The summed E-state index contributed by atoms with van der Waals surface area (Å²) >= 11 is 0. The summed E-state index contributed by atoms with van der Waals surface area (Å²) < 4.78 is 10.5. The standard InChI is InChI=1S/C18H17NO4.2C2H6.H2/c1-11-9-12-10-13(7-8-15(12)23-18(11)21)19-17(20)14-5-3-4-6-16(14)22-2;2*1-2;/h3,5,7-10H,4,6H2,1-2H3,(H,19,20);2*1-2H3;1H. The largest absolute Gasteiger partial charge is 0.500 e. The second-order valence-corrected chi connectivity index (χ2v) is 5.41. The Kier molecular flexibility index (Phi) is 9.06. The van der Waals surface area contributed by atoms with Crippen LogP contribution in [0.4, 0.5) is 5.69 Å². The van der Waals surface area contributed by atoms with E-state index in [1.807, 2.05) is 33.8 Å². The first-order chi connectivity index (χ1) is 13.1. The van der Waals surface area contributed by atoms with E-state index in [0.29, 0.717) is 28.2 Å². The second-order valence-electron chi connectivity index (χ2n) is 5.41. The van der Waals surface area contributed by atoms with E-state index in [1.54, 1.807) is 44.4 Å². The number of aryl methyl sites for hydroxylation is 1. The van der Waals surface area contributed by atoms with Gasteiger partial charge in [-0.1, -0.05) is 39.8 Å². The fourth-order valence-corrected chi connectivity index (χ4v) is 2.56. The smallest absolute Gasteiger partial charge is 0.339 e. The maximum atomic E-state index is 12.4. The number of ether oxygens (including phenoxy) is 1. The van der Waals surface area contributed by atoms with E-state index in [4.69, 9.17) is 9.15 Å². The lowest BCUT2D eigenvalue weighted by atomic mass is 10.0. The van der Waals surface area contributed by atoms with Crippen molar-refractivity contribution in [2.45, 2.75) is 47.5 Å². The van der Waals surface area contributed by atoms with Gasteiger partial charge in [0, 0.05) is 24.5 Å². The maximum absolute atomic E-state index is 12.4. The highest BCUT2D eigenvalue weighted by molar-refractivity contribution is 6.06. The third-order valence-corrected chi connectivity index (χ3v) is 3.78. The molecule has 0 radical (unpaired) electrons. The van der Waals surface area contributed by atoms with Crippen LogP contribution < -0.4 is 10.9 Å². The molecule has 3 rings (SSSR count). The van der Waals surface area contributed by atoms with Crippen molar-refractivity contribution in [3.8, 4) is 0 Å². The van der Waals surface area contributed by atoms with Gasteiger partial charge in [0.2, 0.25) is 0 Å². The molecule has 148 valence electrons. The summed E-state index contributed by atoms with van der Waals surface area (Å²) in [6.07, 6.45) is 5.32. The Labute approximate surface area is 162 Å². The number of carbonyl (C=O) groups is 1. The lowest BCUT2D eigenvalue weighted by Crippen LogP contribution is -2.17. The molecule has 1 aromatic heterocycles. The van der Waals surface area contributed by atoms with Crippen LogP contribution in [-0.2, 0) is 9.53 Å². The molecule has 2 aromatic rings. The molecule has 0 saturated heterocycles. The average Bonchev–Trinajstić information content (AvgIpc) is 2.72. The molecule has 1 aliphatic rings. The molecular weight excluding hydrogens is 342 g/mol. The van der Waals surface area contributed by atoms with Gasteiger partial charge < -0.3 is 14.5 Å². The number of anilines is 1. The van der Waals surface area contributed by atoms with Gasteiger partial charge in [-0.05, 0) is 37.6 Å². The summed E-state index contributed by atoms with van der Waals surface area (Å²) in [5.74, 6) is 0.471. The van der Waals surface area contributed by atoms with Crippen LogP contribution in [0.25, 0.3) is 11.0 Å². The van der Waals surface area contributed by atoms with Gasteiger partial charge in [0.15, 0.2) is 0 Å². The highest BCUT2D eigenvalue weighted by Crippen LogP contribution is 2.23. The Balaban J connectivity index is 0.00000137. The van der Waals surface area contributed by atoms with E-state index in [-0.39, 0.29) is 13.0 Å². The van der Waals surface area contributed by atoms with Gasteiger partial charge in [-0.3, -0.25) is 4.79 Å². The average molecular weight is 373 g/mol. The number of carbonyl (C=O) groups excluding carboxylic acids is 1. The van der Waals surface area contributed by atoms with E-state index >= 15 is 0 Å². The van der Waals surface area contributed by atoms with Crippen LogP contribution in [0.3, 0.4) is 0 Å². The van der Waals surface area contributed by atoms with Crippen LogP contribution in [0, 0.1) is 6.92 Å². The SMILES string of the molecule is CC.CC.COC1=C(C(=O)Nc2ccc3oc(=O)c(C)cc3c2)C=CCC1.[HH]. The minimum absolute atomic E-state index is 0. The van der Waals surface area contributed by atoms with Crippen molar-refractivity contribution in [2.24, 2.45) is 0 Å². The van der Waals surface area contributed by atoms with Crippen molar-refractivity contribution in [1.82, 2.24) is 0 Å². The second kappa shape index (κ2) is 11.0. The third kappa shape index (κ3) is 5.58. The van der Waals surface area contributed by atoms with Crippen LogP contribution in [0.2, 0.25) is 0 Å². The number of rotatable bonds is 3. The number of amides is 1. The summed E-state index contributed by atoms with van der Waals surface area (Å²) in [7, 11) is 1.57. The van der Waals surface area contributed by atoms with E-state index < -0.39 is 0 Å². The van der Waals surface area contributed by atoms with Gasteiger partial charge >= 0.3 is 5.63 Å². The molecule has 5 heteroatoms. The summed E-state index contributed by atoms with van der Waals surface area (Å²) in [5, 5.41) is 3.62. The van der Waals surface area contributed by atoms with Crippen LogP contribution in [-0.4, -0.2) is 13.0 Å². The summed E-state index contributed by atoms with van der Waals surface area (Å²) in [6.45, 7) is 9.69. The Morgan fingerprint density at radius 3 is 2.56 bits per heavy atom. The van der Waals surface area contributed by atoms with Gasteiger partial charge in [-0.25, -0.2) is 4.79 Å². The summed E-state index contributed by atoms with van der Waals surface area (Å²) in [5.41, 5.74) is 1.84. The van der Waals surface area contributed by atoms with Gasteiger partial charge in [0.1, 0.15) is 11.3 Å². The van der Waals surface area contributed by atoms with Crippen molar-refractivity contribution in [3.63, 3.8) is 0 Å². The highest BCUT2D eigenvalue weighted by Gasteiger charge is 2.16. The van der Waals surface area contributed by atoms with Crippen LogP contribution in [0.1, 0.15) is 47.5 Å². The van der Waals surface area contributed by atoms with E-state index in [1.165, 1.54) is 0 Å². The third-order valence-electron chi connectivity index (χ3n) is 3.78. The van der Waals surface area contributed by atoms with Crippen molar-refractivity contribution < 1.29 is 15.4 Å². The predicted octanol–water partition coefficient (Wildman–Crippen LogP) is 5.59. The number of hydrogen-bond donors (Lipinski definition) is 1.